The molecule has 10 heavy (non-hydrogen) atoms. The predicted octanol–water partition coefficient (Wildman–Crippen LogP) is -3.69. The molecule has 0 fully saturated rings. The fourth-order valence-electron chi connectivity index (χ4n) is 0.835. The van der Waals surface area contributed by atoms with E-state index in [0.29, 0.717) is 0 Å². The van der Waals surface area contributed by atoms with E-state index in [0.717, 1.165) is 10.8 Å². The molecule has 3 nitrogen and oxygen atoms in total. The molecular formula is C6H6BrN3. The van der Waals surface area contributed by atoms with Crippen LogP contribution < -0.4 is 22.0 Å². The summed E-state index contributed by atoms with van der Waals surface area (Å²) in [5.41, 5.74) is 0. The number of hydrogen-bond acceptors (Lipinski definition) is 2. The SMILES string of the molecule is C1=C[NH+]2N=CC=C2N=C1.[Br-]. The Balaban J connectivity index is 0.000000500. The summed E-state index contributed by atoms with van der Waals surface area (Å²) in [5.74, 6) is 0.970. The van der Waals surface area contributed by atoms with Crippen LogP contribution in [-0.4, -0.2) is 12.4 Å². The van der Waals surface area contributed by atoms with Crippen molar-refractivity contribution >= 4 is 12.4 Å². The van der Waals surface area contributed by atoms with Crippen LogP contribution in [0.5, 0.6) is 0 Å². The summed E-state index contributed by atoms with van der Waals surface area (Å²) < 4.78 is 0. The first kappa shape index (κ1) is 7.37. The molecule has 4 heteroatoms. The quantitative estimate of drug-likeness (QED) is 0.417. The van der Waals surface area contributed by atoms with E-state index in [4.69, 9.17) is 0 Å². The number of aliphatic imine (C=N–C) groups is 1. The number of nitrogens with zero attached hydrogens (tertiary/aromatic N) is 2. The van der Waals surface area contributed by atoms with Crippen LogP contribution in [0.2, 0.25) is 0 Å². The van der Waals surface area contributed by atoms with Crippen LogP contribution in [0.15, 0.2) is 34.3 Å². The van der Waals surface area contributed by atoms with Gasteiger partial charge in [0.1, 0.15) is 6.20 Å². The fraction of sp³-hybridized carbons (Fsp3) is 0. The molecular weight excluding hydrogens is 194 g/mol. The first-order valence-electron chi connectivity index (χ1n) is 2.79. The van der Waals surface area contributed by atoms with Crippen LogP contribution in [0.3, 0.4) is 0 Å². The highest BCUT2D eigenvalue weighted by Gasteiger charge is 2.15. The van der Waals surface area contributed by atoms with Crippen molar-refractivity contribution < 1.29 is 22.0 Å². The van der Waals surface area contributed by atoms with Gasteiger partial charge in [0.25, 0.3) is 5.82 Å². The molecule has 1 atom stereocenters. The summed E-state index contributed by atoms with van der Waals surface area (Å²) in [6.45, 7) is 0. The van der Waals surface area contributed by atoms with Gasteiger partial charge in [0.05, 0.1) is 6.21 Å². The van der Waals surface area contributed by atoms with Crippen molar-refractivity contribution in [3.8, 4) is 0 Å². The molecule has 2 aliphatic rings. The highest BCUT2D eigenvalue weighted by atomic mass is 79.9. The van der Waals surface area contributed by atoms with Gasteiger partial charge in [-0.2, -0.15) is 0 Å². The minimum atomic E-state index is 0. The van der Waals surface area contributed by atoms with Crippen molar-refractivity contribution in [2.45, 2.75) is 0 Å². The smallest absolute Gasteiger partial charge is 0.259 e. The molecule has 2 rings (SSSR count). The number of nitrogens with one attached hydrogen (secondary N) is 1. The highest BCUT2D eigenvalue weighted by molar-refractivity contribution is 5.76. The third-order valence-electron chi connectivity index (χ3n) is 1.26. The number of fused-ring (bicyclic) bond motifs is 1. The lowest BCUT2D eigenvalue weighted by Crippen LogP contribution is -3.00. The predicted molar refractivity (Wildman–Crippen MR) is 35.2 cm³/mol. The van der Waals surface area contributed by atoms with Crippen LogP contribution in [0.1, 0.15) is 0 Å². The van der Waals surface area contributed by atoms with Gasteiger partial charge in [0, 0.05) is 18.4 Å². The lowest BCUT2D eigenvalue weighted by molar-refractivity contribution is -0.810. The summed E-state index contributed by atoms with van der Waals surface area (Å²) in [6.07, 6.45) is 9.26. The van der Waals surface area contributed by atoms with Gasteiger partial charge < -0.3 is 17.0 Å². The molecule has 0 saturated carbocycles. The maximum Gasteiger partial charge on any atom is 0.259 e. The molecule has 0 spiro atoms. The Kier molecular flexibility index (Phi) is 2.13. The van der Waals surface area contributed by atoms with E-state index >= 15 is 0 Å². The van der Waals surface area contributed by atoms with Crippen LogP contribution in [0.25, 0.3) is 0 Å². The summed E-state index contributed by atoms with van der Waals surface area (Å²) in [5, 5.41) is 5.03. The van der Waals surface area contributed by atoms with Gasteiger partial charge in [-0.05, 0) is 0 Å². The van der Waals surface area contributed by atoms with Crippen LogP contribution in [-0.2, 0) is 0 Å². The minimum Gasteiger partial charge on any atom is -1.00 e. The van der Waals surface area contributed by atoms with Gasteiger partial charge in [-0.25, -0.2) is 4.99 Å². The average Bonchev–Trinajstić information content (AvgIpc) is 2.33. The van der Waals surface area contributed by atoms with Gasteiger partial charge in [0.2, 0.25) is 0 Å². The zero-order chi connectivity index (χ0) is 6.10. The number of quaternary nitrogens is 1. The van der Waals surface area contributed by atoms with E-state index in [9.17, 15) is 0 Å². The maximum atomic E-state index is 4.08. The molecule has 0 bridgehead atoms. The van der Waals surface area contributed by atoms with E-state index in [1.165, 1.54) is 0 Å². The molecule has 0 aromatic rings. The Bertz CT molecular complexity index is 239. The normalized spacial score (nSPS) is 25.6. The first-order chi connectivity index (χ1) is 4.47. The number of halogens is 1. The molecule has 0 aliphatic carbocycles. The van der Waals surface area contributed by atoms with Gasteiger partial charge >= 0.3 is 0 Å². The highest BCUT2D eigenvalue weighted by Crippen LogP contribution is 1.91. The first-order valence-corrected chi connectivity index (χ1v) is 2.79. The van der Waals surface area contributed by atoms with Crippen molar-refractivity contribution in [2.75, 3.05) is 0 Å². The number of rotatable bonds is 0. The summed E-state index contributed by atoms with van der Waals surface area (Å²) in [6, 6.07) is 0. The molecule has 52 valence electrons. The maximum absolute atomic E-state index is 4.08. The lowest BCUT2D eigenvalue weighted by Gasteiger charge is -2.02. The molecule has 0 aromatic carbocycles. The van der Waals surface area contributed by atoms with Gasteiger partial charge in [-0.1, -0.05) is 5.10 Å². The van der Waals surface area contributed by atoms with Crippen molar-refractivity contribution in [3.63, 3.8) is 0 Å². The van der Waals surface area contributed by atoms with Crippen molar-refractivity contribution in [2.24, 2.45) is 10.1 Å². The second-order valence-corrected chi connectivity index (χ2v) is 1.85. The van der Waals surface area contributed by atoms with Crippen molar-refractivity contribution in [1.29, 1.82) is 0 Å². The van der Waals surface area contributed by atoms with Gasteiger partial charge in [0.15, 0.2) is 0 Å². The van der Waals surface area contributed by atoms with Crippen LogP contribution in [0, 0.1) is 0 Å². The zero-order valence-corrected chi connectivity index (χ0v) is 6.75. The summed E-state index contributed by atoms with van der Waals surface area (Å²) in [4.78, 5) is 4.08. The third kappa shape index (κ3) is 1.08. The van der Waals surface area contributed by atoms with Gasteiger partial charge in [-0.3, -0.25) is 0 Å². The molecule has 0 amide bonds. The number of allylic oxidation sites excluding steroid dienone is 2. The second kappa shape index (κ2) is 2.90. The molecule has 0 aromatic heterocycles. The molecule has 1 unspecified atom stereocenters. The Labute approximate surface area is 69.2 Å². The van der Waals surface area contributed by atoms with Crippen LogP contribution in [0.4, 0.5) is 0 Å². The molecule has 1 N–H and O–H groups in total. The summed E-state index contributed by atoms with van der Waals surface area (Å²) >= 11 is 0. The van der Waals surface area contributed by atoms with Gasteiger partial charge in [-0.15, -0.1) is 5.01 Å². The van der Waals surface area contributed by atoms with Crippen LogP contribution >= 0.6 is 0 Å². The van der Waals surface area contributed by atoms with E-state index in [2.05, 4.69) is 10.1 Å². The van der Waals surface area contributed by atoms with E-state index in [1.54, 1.807) is 12.4 Å². The van der Waals surface area contributed by atoms with E-state index in [1.807, 2.05) is 18.4 Å². The second-order valence-electron chi connectivity index (χ2n) is 1.85. The molecule has 0 saturated heterocycles. The standard InChI is InChI=1S/C6H5N3.BrH/c1-3-7-6-2-4-8-9(6)5-1;/h1-5H;1H. The largest absolute Gasteiger partial charge is 1.00 e. The van der Waals surface area contributed by atoms with Crippen molar-refractivity contribution in [3.05, 3.63) is 24.2 Å². The molecule has 2 aliphatic heterocycles. The van der Waals surface area contributed by atoms with E-state index < -0.39 is 0 Å². The minimum absolute atomic E-state index is 0. The molecule has 2 heterocycles. The Morgan fingerprint density at radius 3 is 3.00 bits per heavy atom. The Morgan fingerprint density at radius 2 is 2.20 bits per heavy atom. The van der Waals surface area contributed by atoms with Crippen molar-refractivity contribution in [1.82, 2.24) is 0 Å². The molecule has 0 radical (unpaired) electrons. The Morgan fingerprint density at radius 1 is 1.30 bits per heavy atom. The third-order valence-corrected chi connectivity index (χ3v) is 1.26. The average molecular weight is 200 g/mol. The number of hydrogen-bond donors (Lipinski definition) is 1. The lowest BCUT2D eigenvalue weighted by atomic mass is 10.5. The zero-order valence-electron chi connectivity index (χ0n) is 5.16. The fourth-order valence-corrected chi connectivity index (χ4v) is 0.835. The monoisotopic (exact) mass is 199 g/mol. The Hall–Kier alpha value is -0.740. The van der Waals surface area contributed by atoms with E-state index in [-0.39, 0.29) is 17.0 Å². The topological polar surface area (TPSA) is 29.2 Å². The summed E-state index contributed by atoms with van der Waals surface area (Å²) in [7, 11) is 0.